The first-order chi connectivity index (χ1) is 11.7. The summed E-state index contributed by atoms with van der Waals surface area (Å²) < 4.78 is 5.67. The van der Waals surface area contributed by atoms with Gasteiger partial charge in [0.25, 0.3) is 0 Å². The highest BCUT2D eigenvalue weighted by Gasteiger charge is 2.42. The number of para-hydroxylation sites is 1. The van der Waals surface area contributed by atoms with Crippen LogP contribution in [0, 0.1) is 0 Å². The van der Waals surface area contributed by atoms with E-state index >= 15 is 0 Å². The molecule has 0 radical (unpaired) electrons. The molecule has 1 aliphatic carbocycles. The molecular weight excluding hydrogens is 306 g/mol. The van der Waals surface area contributed by atoms with E-state index in [1.165, 1.54) is 6.42 Å². The predicted octanol–water partition coefficient (Wildman–Crippen LogP) is 1.99. The number of hydroxylamine groups is 2. The van der Waals surface area contributed by atoms with Crippen molar-refractivity contribution in [2.24, 2.45) is 21.5 Å². The van der Waals surface area contributed by atoms with Crippen LogP contribution < -0.4 is 16.2 Å². The van der Waals surface area contributed by atoms with Crippen LogP contribution in [0.2, 0.25) is 0 Å². The first-order valence-electron chi connectivity index (χ1n) is 8.50. The Kier molecular flexibility index (Phi) is 5.20. The van der Waals surface area contributed by atoms with Gasteiger partial charge in [-0.1, -0.05) is 24.6 Å². The lowest BCUT2D eigenvalue weighted by atomic mass is 9.89. The Morgan fingerprint density at radius 3 is 2.54 bits per heavy atom. The van der Waals surface area contributed by atoms with Crippen LogP contribution in [0.4, 0.5) is 0 Å². The lowest BCUT2D eigenvalue weighted by molar-refractivity contribution is -0.178. The molecule has 0 aromatic heterocycles. The zero-order valence-corrected chi connectivity index (χ0v) is 13.9. The molecule has 0 amide bonds. The van der Waals surface area contributed by atoms with Crippen molar-refractivity contribution in [2.75, 3.05) is 13.2 Å². The largest absolute Gasteiger partial charge is 0.494 e. The molecule has 7 heteroatoms. The summed E-state index contributed by atoms with van der Waals surface area (Å²) in [4.78, 5) is 14.5. The molecule has 1 aliphatic heterocycles. The van der Waals surface area contributed by atoms with E-state index in [1.54, 1.807) is 5.06 Å². The molecule has 0 atom stereocenters. The summed E-state index contributed by atoms with van der Waals surface area (Å²) in [5.41, 5.74) is 11.4. The molecule has 7 nitrogen and oxygen atoms in total. The summed E-state index contributed by atoms with van der Waals surface area (Å²) in [6.07, 6.45) is 5.87. The Morgan fingerprint density at radius 2 is 1.79 bits per heavy atom. The Labute approximate surface area is 142 Å². The van der Waals surface area contributed by atoms with Crippen molar-refractivity contribution in [2.45, 2.75) is 44.2 Å². The van der Waals surface area contributed by atoms with Crippen molar-refractivity contribution in [3.8, 4) is 5.75 Å². The highest BCUT2D eigenvalue weighted by Crippen LogP contribution is 2.36. The summed E-state index contributed by atoms with van der Waals surface area (Å²) in [5.74, 6) is 1.38. The van der Waals surface area contributed by atoms with Crippen LogP contribution in [0.5, 0.6) is 5.75 Å². The minimum absolute atomic E-state index is 0.238. The molecule has 1 spiro atoms. The summed E-state index contributed by atoms with van der Waals surface area (Å²) in [7, 11) is 0. The van der Waals surface area contributed by atoms with Gasteiger partial charge in [-0.05, 0) is 37.8 Å². The number of guanidine groups is 2. The van der Waals surface area contributed by atoms with E-state index in [4.69, 9.17) is 21.0 Å². The molecule has 1 aromatic rings. The van der Waals surface area contributed by atoms with Crippen LogP contribution >= 0.6 is 0 Å². The zero-order chi connectivity index (χ0) is 16.8. The van der Waals surface area contributed by atoms with Gasteiger partial charge in [0, 0.05) is 6.42 Å². The predicted molar refractivity (Wildman–Crippen MR) is 93.4 cm³/mol. The Bertz CT molecular complexity index is 596. The third kappa shape index (κ3) is 3.79. The van der Waals surface area contributed by atoms with Gasteiger partial charge in [-0.15, -0.1) is 0 Å². The maximum Gasteiger partial charge on any atom is 0.226 e. The van der Waals surface area contributed by atoms with Crippen LogP contribution in [0.3, 0.4) is 0 Å². The molecular formula is C17H25N5O2. The molecule has 4 N–H and O–H groups in total. The average Bonchev–Trinajstić information content (AvgIpc) is 2.58. The van der Waals surface area contributed by atoms with Gasteiger partial charge < -0.3 is 16.2 Å². The first kappa shape index (κ1) is 16.6. The molecule has 24 heavy (non-hydrogen) atoms. The highest BCUT2D eigenvalue weighted by molar-refractivity contribution is 5.95. The highest BCUT2D eigenvalue weighted by atomic mass is 16.7. The van der Waals surface area contributed by atoms with Crippen molar-refractivity contribution in [3.05, 3.63) is 30.3 Å². The van der Waals surface area contributed by atoms with Gasteiger partial charge in [0.2, 0.25) is 11.9 Å². The zero-order valence-electron chi connectivity index (χ0n) is 13.9. The van der Waals surface area contributed by atoms with Crippen LogP contribution in [-0.4, -0.2) is 35.9 Å². The van der Waals surface area contributed by atoms with E-state index in [-0.39, 0.29) is 11.9 Å². The number of ether oxygens (including phenoxy) is 1. The number of nitrogens with two attached hydrogens (primary N) is 2. The minimum atomic E-state index is -0.492. The molecule has 1 saturated carbocycles. The summed E-state index contributed by atoms with van der Waals surface area (Å²) in [6, 6.07) is 9.73. The van der Waals surface area contributed by atoms with Crippen LogP contribution in [0.1, 0.15) is 38.5 Å². The summed E-state index contributed by atoms with van der Waals surface area (Å²) in [6.45, 7) is 1.06. The van der Waals surface area contributed by atoms with Gasteiger partial charge in [0.05, 0.1) is 13.2 Å². The Balaban J connectivity index is 1.52. The van der Waals surface area contributed by atoms with Crippen LogP contribution in [0.15, 0.2) is 40.3 Å². The van der Waals surface area contributed by atoms with E-state index in [9.17, 15) is 0 Å². The standard InChI is InChI=1S/C17H25N5O2/c18-15-20-16(19)22(17(21-15)10-5-2-6-11-17)24-13-7-12-23-14-8-3-1-4-9-14/h1,3-4,8-9H,2,5-7,10-13H2,(H4,18,19,20,21). The van der Waals surface area contributed by atoms with Gasteiger partial charge in [-0.25, -0.2) is 4.99 Å². The summed E-state index contributed by atoms with van der Waals surface area (Å²) in [5, 5.41) is 1.66. The molecule has 3 rings (SSSR count). The quantitative estimate of drug-likeness (QED) is 0.777. The first-order valence-corrected chi connectivity index (χ1v) is 8.50. The van der Waals surface area contributed by atoms with E-state index < -0.39 is 5.66 Å². The second kappa shape index (κ2) is 7.53. The van der Waals surface area contributed by atoms with E-state index in [1.807, 2.05) is 30.3 Å². The van der Waals surface area contributed by atoms with E-state index in [0.29, 0.717) is 13.2 Å². The van der Waals surface area contributed by atoms with Crippen molar-refractivity contribution in [1.29, 1.82) is 0 Å². The smallest absolute Gasteiger partial charge is 0.226 e. The van der Waals surface area contributed by atoms with E-state index in [0.717, 1.165) is 37.9 Å². The maximum absolute atomic E-state index is 6.04. The second-order valence-corrected chi connectivity index (χ2v) is 6.13. The van der Waals surface area contributed by atoms with Crippen molar-refractivity contribution < 1.29 is 9.57 Å². The molecule has 2 aliphatic rings. The molecule has 1 aromatic carbocycles. The Morgan fingerprint density at radius 1 is 1.04 bits per heavy atom. The Hall–Kier alpha value is -2.28. The van der Waals surface area contributed by atoms with Gasteiger partial charge in [-0.3, -0.25) is 4.84 Å². The van der Waals surface area contributed by atoms with Crippen molar-refractivity contribution in [1.82, 2.24) is 5.06 Å². The minimum Gasteiger partial charge on any atom is -0.494 e. The molecule has 130 valence electrons. The maximum atomic E-state index is 6.04. The van der Waals surface area contributed by atoms with Crippen LogP contribution in [0.25, 0.3) is 0 Å². The van der Waals surface area contributed by atoms with Gasteiger partial charge >= 0.3 is 0 Å². The number of benzene rings is 1. The van der Waals surface area contributed by atoms with Crippen molar-refractivity contribution in [3.63, 3.8) is 0 Å². The lowest BCUT2D eigenvalue weighted by Crippen LogP contribution is -2.57. The van der Waals surface area contributed by atoms with Gasteiger partial charge in [-0.2, -0.15) is 10.1 Å². The molecule has 0 unspecified atom stereocenters. The van der Waals surface area contributed by atoms with Gasteiger partial charge in [0.15, 0.2) is 5.66 Å². The summed E-state index contributed by atoms with van der Waals surface area (Å²) >= 11 is 0. The van der Waals surface area contributed by atoms with E-state index in [2.05, 4.69) is 9.98 Å². The number of rotatable bonds is 6. The van der Waals surface area contributed by atoms with Gasteiger partial charge in [0.1, 0.15) is 5.75 Å². The second-order valence-electron chi connectivity index (χ2n) is 6.13. The number of aliphatic imine (C=N–C) groups is 2. The normalized spacial score (nSPS) is 19.8. The fraction of sp³-hybridized carbons (Fsp3) is 0.529. The van der Waals surface area contributed by atoms with Crippen molar-refractivity contribution >= 4 is 11.9 Å². The molecule has 0 saturated heterocycles. The molecule has 1 heterocycles. The number of nitrogens with zero attached hydrogens (tertiary/aromatic N) is 3. The third-order valence-electron chi connectivity index (χ3n) is 4.31. The number of hydrogen-bond donors (Lipinski definition) is 2. The number of hydrogen-bond acceptors (Lipinski definition) is 7. The SMILES string of the molecule is NC1=NC2(CCCCC2)N(OCCCOc2ccccc2)C(N)=N1. The topological polar surface area (TPSA) is 98.5 Å². The van der Waals surface area contributed by atoms with Crippen LogP contribution in [-0.2, 0) is 4.84 Å². The monoisotopic (exact) mass is 331 g/mol. The fourth-order valence-electron chi connectivity index (χ4n) is 3.20. The lowest BCUT2D eigenvalue weighted by Gasteiger charge is -2.44. The fourth-order valence-corrected chi connectivity index (χ4v) is 3.20. The third-order valence-corrected chi connectivity index (χ3v) is 4.31. The average molecular weight is 331 g/mol. The molecule has 1 fully saturated rings. The molecule has 0 bridgehead atoms.